The zero-order valence-electron chi connectivity index (χ0n) is 12.0. The molecule has 1 aromatic heterocycles. The summed E-state index contributed by atoms with van der Waals surface area (Å²) in [6, 6.07) is 16.6. The summed E-state index contributed by atoms with van der Waals surface area (Å²) in [6.45, 7) is 3.76. The van der Waals surface area contributed by atoms with Crippen LogP contribution in [0.5, 0.6) is 0 Å². The molecular weight excluding hydrogens is 282 g/mol. The number of fused-ring (bicyclic) bond motifs is 1. The minimum Gasteiger partial charge on any atom is -0.444 e. The molecule has 1 N–H and O–H groups in total. The Labute approximate surface area is 129 Å². The number of furan rings is 1. The summed E-state index contributed by atoms with van der Waals surface area (Å²) in [7, 11) is 0. The summed E-state index contributed by atoms with van der Waals surface area (Å²) in [5.41, 5.74) is 4.54. The molecular formula is C18H18ClNO. The molecule has 0 atom stereocenters. The summed E-state index contributed by atoms with van der Waals surface area (Å²) in [4.78, 5) is 0. The van der Waals surface area contributed by atoms with Crippen molar-refractivity contribution < 1.29 is 4.42 Å². The van der Waals surface area contributed by atoms with E-state index in [2.05, 4.69) is 36.5 Å². The van der Waals surface area contributed by atoms with Gasteiger partial charge in [-0.15, -0.1) is 0 Å². The van der Waals surface area contributed by atoms with Gasteiger partial charge in [0.2, 0.25) is 0 Å². The van der Waals surface area contributed by atoms with Gasteiger partial charge in [-0.1, -0.05) is 48.0 Å². The highest BCUT2D eigenvalue weighted by Crippen LogP contribution is 2.29. The Balaban J connectivity index is 1.61. The Morgan fingerprint density at radius 3 is 2.81 bits per heavy atom. The lowest BCUT2D eigenvalue weighted by Gasteiger charge is -2.05. The first-order valence-electron chi connectivity index (χ1n) is 7.16. The quantitative estimate of drug-likeness (QED) is 0.689. The van der Waals surface area contributed by atoms with Crippen molar-refractivity contribution in [2.24, 2.45) is 0 Å². The maximum atomic E-state index is 6.18. The second kappa shape index (κ2) is 6.33. The lowest BCUT2D eigenvalue weighted by Crippen LogP contribution is -2.16. The molecule has 3 rings (SSSR count). The minimum atomic E-state index is 0.485. The first-order chi connectivity index (χ1) is 10.2. The largest absolute Gasteiger partial charge is 0.444 e. The van der Waals surface area contributed by atoms with Crippen molar-refractivity contribution in [2.75, 3.05) is 6.54 Å². The second-order valence-electron chi connectivity index (χ2n) is 5.27. The lowest BCUT2D eigenvalue weighted by molar-refractivity contribution is 0.604. The molecule has 1 heterocycles. The number of aryl methyl sites for hydroxylation is 1. The van der Waals surface area contributed by atoms with Crippen LogP contribution in [0, 0.1) is 6.92 Å². The van der Waals surface area contributed by atoms with Gasteiger partial charge >= 0.3 is 0 Å². The Morgan fingerprint density at radius 1 is 1.10 bits per heavy atom. The van der Waals surface area contributed by atoms with E-state index in [4.69, 9.17) is 16.0 Å². The van der Waals surface area contributed by atoms with E-state index in [1.807, 2.05) is 24.3 Å². The molecule has 0 spiro atoms. The highest BCUT2D eigenvalue weighted by Gasteiger charge is 2.11. The summed E-state index contributed by atoms with van der Waals surface area (Å²) >= 11 is 6.18. The van der Waals surface area contributed by atoms with E-state index in [0.29, 0.717) is 5.22 Å². The van der Waals surface area contributed by atoms with Crippen LogP contribution in [-0.2, 0) is 13.0 Å². The first-order valence-corrected chi connectivity index (χ1v) is 7.54. The summed E-state index contributed by atoms with van der Waals surface area (Å²) in [5.74, 6) is 0. The van der Waals surface area contributed by atoms with Crippen LogP contribution >= 0.6 is 11.6 Å². The molecule has 21 heavy (non-hydrogen) atoms. The monoisotopic (exact) mass is 299 g/mol. The number of hydrogen-bond donors (Lipinski definition) is 1. The Bertz CT molecular complexity index is 748. The SMILES string of the molecule is Cc1cccc(CCNCc2c(Cl)oc3ccccc23)c1. The molecule has 0 unspecified atom stereocenters. The molecule has 0 fully saturated rings. The second-order valence-corrected chi connectivity index (χ2v) is 5.61. The van der Waals surface area contributed by atoms with E-state index in [1.165, 1.54) is 11.1 Å². The van der Waals surface area contributed by atoms with E-state index in [1.54, 1.807) is 0 Å². The molecule has 0 saturated heterocycles. The molecule has 0 amide bonds. The van der Waals surface area contributed by atoms with E-state index in [9.17, 15) is 0 Å². The van der Waals surface area contributed by atoms with Crippen LogP contribution in [0.3, 0.4) is 0 Å². The number of rotatable bonds is 5. The smallest absolute Gasteiger partial charge is 0.199 e. The summed E-state index contributed by atoms with van der Waals surface area (Å²) in [5, 5.41) is 5.02. The van der Waals surface area contributed by atoms with Crippen LogP contribution in [0.4, 0.5) is 0 Å². The molecule has 3 heteroatoms. The highest BCUT2D eigenvalue weighted by molar-refractivity contribution is 6.30. The van der Waals surface area contributed by atoms with Gasteiger partial charge in [0.1, 0.15) is 5.58 Å². The van der Waals surface area contributed by atoms with Crippen molar-refractivity contribution in [1.29, 1.82) is 0 Å². The molecule has 0 aliphatic heterocycles. The zero-order valence-corrected chi connectivity index (χ0v) is 12.8. The van der Waals surface area contributed by atoms with Gasteiger partial charge in [-0.05, 0) is 43.1 Å². The molecule has 0 aliphatic carbocycles. The molecule has 0 radical (unpaired) electrons. The van der Waals surface area contributed by atoms with E-state index in [0.717, 1.165) is 36.0 Å². The highest BCUT2D eigenvalue weighted by atomic mass is 35.5. The van der Waals surface area contributed by atoms with E-state index >= 15 is 0 Å². The van der Waals surface area contributed by atoms with Crippen molar-refractivity contribution in [3.8, 4) is 0 Å². The summed E-state index contributed by atoms with van der Waals surface area (Å²) in [6.07, 6.45) is 1.01. The maximum absolute atomic E-state index is 6.18. The molecule has 0 bridgehead atoms. The van der Waals surface area contributed by atoms with Crippen molar-refractivity contribution in [3.63, 3.8) is 0 Å². The van der Waals surface area contributed by atoms with Crippen LogP contribution in [0.15, 0.2) is 52.9 Å². The van der Waals surface area contributed by atoms with Gasteiger partial charge < -0.3 is 9.73 Å². The third-order valence-electron chi connectivity index (χ3n) is 3.62. The van der Waals surface area contributed by atoms with Gasteiger partial charge in [0.25, 0.3) is 0 Å². The number of nitrogens with one attached hydrogen (secondary N) is 1. The maximum Gasteiger partial charge on any atom is 0.199 e. The third-order valence-corrected chi connectivity index (χ3v) is 3.93. The van der Waals surface area contributed by atoms with E-state index in [-0.39, 0.29) is 0 Å². The fraction of sp³-hybridized carbons (Fsp3) is 0.222. The molecule has 0 aliphatic rings. The lowest BCUT2D eigenvalue weighted by atomic mass is 10.1. The predicted octanol–water partition coefficient (Wildman–Crippen LogP) is 4.73. The average molecular weight is 300 g/mol. The van der Waals surface area contributed by atoms with Crippen molar-refractivity contribution in [1.82, 2.24) is 5.32 Å². The molecule has 108 valence electrons. The van der Waals surface area contributed by atoms with Crippen molar-refractivity contribution >= 4 is 22.6 Å². The fourth-order valence-corrected chi connectivity index (χ4v) is 2.80. The number of benzene rings is 2. The Morgan fingerprint density at radius 2 is 1.95 bits per heavy atom. The standard InChI is InChI=1S/C18H18ClNO/c1-13-5-4-6-14(11-13)9-10-20-12-16-15-7-2-3-8-17(15)21-18(16)19/h2-8,11,20H,9-10,12H2,1H3. The predicted molar refractivity (Wildman–Crippen MR) is 87.8 cm³/mol. The molecule has 2 aromatic carbocycles. The molecule has 2 nitrogen and oxygen atoms in total. The Kier molecular flexibility index (Phi) is 4.28. The van der Waals surface area contributed by atoms with Gasteiger partial charge in [0, 0.05) is 17.5 Å². The van der Waals surface area contributed by atoms with Crippen LogP contribution < -0.4 is 5.32 Å². The number of hydrogen-bond acceptors (Lipinski definition) is 2. The fourth-order valence-electron chi connectivity index (χ4n) is 2.55. The third kappa shape index (κ3) is 3.29. The van der Waals surface area contributed by atoms with Crippen molar-refractivity contribution in [3.05, 3.63) is 70.4 Å². The molecule has 0 saturated carbocycles. The van der Waals surface area contributed by atoms with Gasteiger partial charge in [-0.2, -0.15) is 0 Å². The average Bonchev–Trinajstić information content (AvgIpc) is 2.79. The van der Waals surface area contributed by atoms with E-state index < -0.39 is 0 Å². The van der Waals surface area contributed by atoms with Crippen molar-refractivity contribution in [2.45, 2.75) is 19.9 Å². The van der Waals surface area contributed by atoms with Crippen LogP contribution in [0.2, 0.25) is 5.22 Å². The van der Waals surface area contributed by atoms with Gasteiger partial charge in [-0.3, -0.25) is 0 Å². The number of halogens is 1. The van der Waals surface area contributed by atoms with Crippen LogP contribution in [0.1, 0.15) is 16.7 Å². The first kappa shape index (κ1) is 14.2. The molecule has 3 aromatic rings. The summed E-state index contributed by atoms with van der Waals surface area (Å²) < 4.78 is 5.56. The Hall–Kier alpha value is -1.77. The van der Waals surface area contributed by atoms with Gasteiger partial charge in [0.15, 0.2) is 5.22 Å². The topological polar surface area (TPSA) is 25.2 Å². The minimum absolute atomic E-state index is 0.485. The number of para-hydroxylation sites is 1. The normalized spacial score (nSPS) is 11.1. The van der Waals surface area contributed by atoms with Gasteiger partial charge in [0.05, 0.1) is 0 Å². The van der Waals surface area contributed by atoms with Crippen LogP contribution in [0.25, 0.3) is 11.0 Å². The zero-order chi connectivity index (χ0) is 14.7. The van der Waals surface area contributed by atoms with Crippen LogP contribution in [-0.4, -0.2) is 6.54 Å². The van der Waals surface area contributed by atoms with Gasteiger partial charge in [-0.25, -0.2) is 0 Å².